The second-order valence-electron chi connectivity index (χ2n) is 7.36. The van der Waals surface area contributed by atoms with Crippen molar-refractivity contribution in [3.63, 3.8) is 0 Å². The maximum absolute atomic E-state index is 13.0. The predicted octanol–water partition coefficient (Wildman–Crippen LogP) is 0.964. The van der Waals surface area contributed by atoms with E-state index < -0.39 is 0 Å². The monoisotopic (exact) mass is 359 g/mol. The number of piperazine rings is 1. The fourth-order valence-electron chi connectivity index (χ4n) is 3.59. The van der Waals surface area contributed by atoms with E-state index in [0.29, 0.717) is 25.2 Å². The molecule has 2 saturated heterocycles. The molecule has 2 aliphatic heterocycles. The standard InChI is InChI=1S/C19H29N5O2/c1-15(2)21-17(25)14-22-10-12-24(13-11-22)19(26)16-6-5-7-20-18(16)23-8-3-4-9-23/h5-7,15H,3-4,8-14H2,1-2H3,(H,21,25). The number of carbonyl (C=O) groups is 2. The Morgan fingerprint density at radius 3 is 2.46 bits per heavy atom. The van der Waals surface area contributed by atoms with Crippen molar-refractivity contribution in [2.75, 3.05) is 50.7 Å². The van der Waals surface area contributed by atoms with Gasteiger partial charge in [-0.05, 0) is 38.8 Å². The molecule has 0 radical (unpaired) electrons. The summed E-state index contributed by atoms with van der Waals surface area (Å²) >= 11 is 0. The summed E-state index contributed by atoms with van der Waals surface area (Å²) in [5, 5.41) is 2.91. The van der Waals surface area contributed by atoms with Crippen LogP contribution < -0.4 is 10.2 Å². The lowest BCUT2D eigenvalue weighted by atomic mass is 10.2. The smallest absolute Gasteiger partial charge is 0.257 e. The van der Waals surface area contributed by atoms with Gasteiger partial charge in [-0.3, -0.25) is 14.5 Å². The van der Waals surface area contributed by atoms with Crippen molar-refractivity contribution in [3.05, 3.63) is 23.9 Å². The van der Waals surface area contributed by atoms with Crippen molar-refractivity contribution in [2.24, 2.45) is 0 Å². The highest BCUT2D eigenvalue weighted by Crippen LogP contribution is 2.23. The average molecular weight is 359 g/mol. The van der Waals surface area contributed by atoms with Crippen molar-refractivity contribution < 1.29 is 9.59 Å². The van der Waals surface area contributed by atoms with E-state index in [1.54, 1.807) is 6.20 Å². The van der Waals surface area contributed by atoms with Crippen LogP contribution in [-0.4, -0.2) is 78.5 Å². The van der Waals surface area contributed by atoms with Crippen LogP contribution in [0.5, 0.6) is 0 Å². The van der Waals surface area contributed by atoms with Crippen LogP contribution in [-0.2, 0) is 4.79 Å². The molecule has 0 aromatic carbocycles. The zero-order valence-electron chi connectivity index (χ0n) is 15.8. The largest absolute Gasteiger partial charge is 0.356 e. The highest BCUT2D eigenvalue weighted by molar-refractivity contribution is 5.99. The fraction of sp³-hybridized carbons (Fsp3) is 0.632. The number of hydrogen-bond donors (Lipinski definition) is 1. The molecule has 0 atom stereocenters. The molecule has 0 bridgehead atoms. The minimum atomic E-state index is 0.0448. The highest BCUT2D eigenvalue weighted by Gasteiger charge is 2.27. The van der Waals surface area contributed by atoms with E-state index in [2.05, 4.69) is 20.1 Å². The Morgan fingerprint density at radius 1 is 1.12 bits per heavy atom. The Bertz CT molecular complexity index is 635. The number of carbonyl (C=O) groups excluding carboxylic acids is 2. The van der Waals surface area contributed by atoms with E-state index in [-0.39, 0.29) is 17.9 Å². The third-order valence-electron chi connectivity index (χ3n) is 4.90. The van der Waals surface area contributed by atoms with Crippen molar-refractivity contribution in [1.82, 2.24) is 20.1 Å². The van der Waals surface area contributed by atoms with Crippen molar-refractivity contribution in [3.8, 4) is 0 Å². The molecule has 0 saturated carbocycles. The number of aromatic nitrogens is 1. The molecule has 7 nitrogen and oxygen atoms in total. The van der Waals surface area contributed by atoms with Crippen LogP contribution in [0, 0.1) is 0 Å². The van der Waals surface area contributed by atoms with E-state index in [9.17, 15) is 9.59 Å². The molecule has 0 spiro atoms. The molecular weight excluding hydrogens is 330 g/mol. The molecule has 3 rings (SSSR count). The van der Waals surface area contributed by atoms with Gasteiger partial charge in [0.25, 0.3) is 5.91 Å². The molecule has 142 valence electrons. The van der Waals surface area contributed by atoms with Gasteiger partial charge in [-0.15, -0.1) is 0 Å². The van der Waals surface area contributed by atoms with Gasteiger partial charge in [0.2, 0.25) is 5.91 Å². The molecular formula is C19H29N5O2. The van der Waals surface area contributed by atoms with Crippen molar-refractivity contribution in [1.29, 1.82) is 0 Å². The third kappa shape index (κ3) is 4.52. The number of amides is 2. The Morgan fingerprint density at radius 2 is 1.81 bits per heavy atom. The summed E-state index contributed by atoms with van der Waals surface area (Å²) in [6.45, 7) is 8.97. The summed E-state index contributed by atoms with van der Waals surface area (Å²) in [6.07, 6.45) is 4.07. The van der Waals surface area contributed by atoms with Gasteiger partial charge >= 0.3 is 0 Å². The number of pyridine rings is 1. The van der Waals surface area contributed by atoms with E-state index in [1.165, 1.54) is 0 Å². The molecule has 0 unspecified atom stereocenters. The van der Waals surface area contributed by atoms with E-state index >= 15 is 0 Å². The maximum Gasteiger partial charge on any atom is 0.257 e. The zero-order chi connectivity index (χ0) is 18.5. The van der Waals surface area contributed by atoms with Crippen LogP contribution in [0.2, 0.25) is 0 Å². The number of hydrogen-bond acceptors (Lipinski definition) is 5. The third-order valence-corrected chi connectivity index (χ3v) is 4.90. The zero-order valence-corrected chi connectivity index (χ0v) is 15.8. The maximum atomic E-state index is 13.0. The first-order chi connectivity index (χ1) is 12.5. The average Bonchev–Trinajstić information content (AvgIpc) is 3.15. The van der Waals surface area contributed by atoms with Gasteiger partial charge in [-0.25, -0.2) is 4.98 Å². The van der Waals surface area contributed by atoms with Gasteiger partial charge in [0.15, 0.2) is 0 Å². The van der Waals surface area contributed by atoms with Crippen molar-refractivity contribution >= 4 is 17.6 Å². The van der Waals surface area contributed by atoms with E-state index in [0.717, 1.165) is 44.8 Å². The molecule has 7 heteroatoms. The topological polar surface area (TPSA) is 68.8 Å². The van der Waals surface area contributed by atoms with Gasteiger partial charge in [0.1, 0.15) is 5.82 Å². The minimum Gasteiger partial charge on any atom is -0.356 e. The van der Waals surface area contributed by atoms with Crippen LogP contribution in [0.1, 0.15) is 37.0 Å². The van der Waals surface area contributed by atoms with Gasteiger partial charge in [0, 0.05) is 51.5 Å². The van der Waals surface area contributed by atoms with E-state index in [4.69, 9.17) is 0 Å². The summed E-state index contributed by atoms with van der Waals surface area (Å²) in [6, 6.07) is 3.87. The molecule has 3 heterocycles. The van der Waals surface area contributed by atoms with Crippen LogP contribution in [0.15, 0.2) is 18.3 Å². The lowest BCUT2D eigenvalue weighted by Crippen LogP contribution is -2.51. The number of anilines is 1. The Hall–Kier alpha value is -2.15. The summed E-state index contributed by atoms with van der Waals surface area (Å²) in [5.74, 6) is 0.906. The summed E-state index contributed by atoms with van der Waals surface area (Å²) in [4.78, 5) is 35.6. The summed E-state index contributed by atoms with van der Waals surface area (Å²) in [5.41, 5.74) is 0.695. The van der Waals surface area contributed by atoms with Crippen LogP contribution in [0.25, 0.3) is 0 Å². The number of rotatable bonds is 5. The summed E-state index contributed by atoms with van der Waals surface area (Å²) in [7, 11) is 0. The lowest BCUT2D eigenvalue weighted by Gasteiger charge is -2.35. The molecule has 1 N–H and O–H groups in total. The lowest BCUT2D eigenvalue weighted by molar-refractivity contribution is -0.123. The predicted molar refractivity (Wildman–Crippen MR) is 101 cm³/mol. The normalized spacial score (nSPS) is 18.4. The molecule has 26 heavy (non-hydrogen) atoms. The van der Waals surface area contributed by atoms with E-state index in [1.807, 2.05) is 30.9 Å². The SMILES string of the molecule is CC(C)NC(=O)CN1CCN(C(=O)c2cccnc2N2CCCC2)CC1. The molecule has 2 amide bonds. The first-order valence-electron chi connectivity index (χ1n) is 9.55. The number of nitrogens with one attached hydrogen (secondary N) is 1. The highest BCUT2D eigenvalue weighted by atomic mass is 16.2. The molecule has 0 aliphatic carbocycles. The second-order valence-corrected chi connectivity index (χ2v) is 7.36. The quantitative estimate of drug-likeness (QED) is 0.848. The Balaban J connectivity index is 1.58. The molecule has 2 aliphatic rings. The second kappa shape index (κ2) is 8.49. The van der Waals surface area contributed by atoms with Gasteiger partial charge in [-0.2, -0.15) is 0 Å². The van der Waals surface area contributed by atoms with Crippen LogP contribution in [0.3, 0.4) is 0 Å². The van der Waals surface area contributed by atoms with Gasteiger partial charge in [0.05, 0.1) is 12.1 Å². The van der Waals surface area contributed by atoms with Crippen LogP contribution >= 0.6 is 0 Å². The molecule has 2 fully saturated rings. The minimum absolute atomic E-state index is 0.0448. The Labute approximate surface area is 155 Å². The first kappa shape index (κ1) is 18.6. The van der Waals surface area contributed by atoms with Crippen molar-refractivity contribution in [2.45, 2.75) is 32.7 Å². The first-order valence-corrected chi connectivity index (χ1v) is 9.55. The molecule has 1 aromatic heterocycles. The van der Waals surface area contributed by atoms with Gasteiger partial charge in [-0.1, -0.05) is 0 Å². The number of nitrogens with zero attached hydrogens (tertiary/aromatic N) is 4. The Kier molecular flexibility index (Phi) is 6.08. The summed E-state index contributed by atoms with van der Waals surface area (Å²) < 4.78 is 0. The molecule has 1 aromatic rings. The fourth-order valence-corrected chi connectivity index (χ4v) is 3.59. The van der Waals surface area contributed by atoms with Gasteiger partial charge < -0.3 is 15.1 Å². The van der Waals surface area contributed by atoms with Crippen LogP contribution in [0.4, 0.5) is 5.82 Å².